The fourth-order valence-corrected chi connectivity index (χ4v) is 7.22. The van der Waals surface area contributed by atoms with Crippen LogP contribution in [0.4, 0.5) is 0 Å². The highest BCUT2D eigenvalue weighted by Gasteiger charge is 2.64. The Morgan fingerprint density at radius 3 is 1.94 bits per heavy atom. The molecule has 0 bridgehead atoms. The first-order valence-corrected chi connectivity index (χ1v) is 11.5. The summed E-state index contributed by atoms with van der Waals surface area (Å²) in [4.78, 5) is 42.2. The van der Waals surface area contributed by atoms with Crippen molar-refractivity contribution in [1.82, 2.24) is 0 Å². The molecule has 3 heterocycles. The summed E-state index contributed by atoms with van der Waals surface area (Å²) in [5.41, 5.74) is 4.32. The van der Waals surface area contributed by atoms with Crippen LogP contribution in [0.3, 0.4) is 0 Å². The molecule has 5 heteroatoms. The van der Waals surface area contributed by atoms with Gasteiger partial charge in [0.15, 0.2) is 11.6 Å². The van der Waals surface area contributed by atoms with Gasteiger partial charge in [-0.3, -0.25) is 24.6 Å². The van der Waals surface area contributed by atoms with Crippen LogP contribution in [0.15, 0.2) is 48.9 Å². The molecule has 5 nitrogen and oxygen atoms in total. The number of ketones is 2. The van der Waals surface area contributed by atoms with Gasteiger partial charge in [0.25, 0.3) is 0 Å². The molecular weight excluding hydrogens is 398 g/mol. The first-order chi connectivity index (χ1) is 14.5. The molecule has 168 valence electrons. The smallest absolute Gasteiger partial charge is 0.179 e. The molecule has 32 heavy (non-hydrogen) atoms. The fourth-order valence-electron chi connectivity index (χ4n) is 7.22. The van der Waals surface area contributed by atoms with Crippen molar-refractivity contribution in [3.8, 4) is 0 Å². The van der Waals surface area contributed by atoms with Crippen LogP contribution >= 0.6 is 0 Å². The van der Waals surface area contributed by atoms with E-state index >= 15 is 0 Å². The van der Waals surface area contributed by atoms with Gasteiger partial charge in [-0.2, -0.15) is 0 Å². The molecule has 3 aliphatic heterocycles. The highest BCUT2D eigenvalue weighted by molar-refractivity contribution is 6.32. The predicted octanol–water partition coefficient (Wildman–Crippen LogP) is 4.81. The van der Waals surface area contributed by atoms with E-state index in [0.29, 0.717) is 6.42 Å². The minimum absolute atomic E-state index is 0.126. The lowest BCUT2D eigenvalue weighted by atomic mass is 9.60. The molecule has 0 aromatic carbocycles. The molecule has 2 aliphatic carbocycles. The van der Waals surface area contributed by atoms with Crippen LogP contribution in [0.2, 0.25) is 0 Å². The standard InChI is InChI=1S/C27H33N3O2/c1-13-11-16-18-14(2)20-26(10,21(31)24(6,7)30-20)12-17(18)29-23(4,5)19(16)27(13)15(3)28-25(8,9)22(27)32/h11H,12H2,1-10H3/t26-,27-/m1/s1. The maximum Gasteiger partial charge on any atom is 0.179 e. The van der Waals surface area contributed by atoms with Crippen LogP contribution in [0.5, 0.6) is 0 Å². The Kier molecular flexibility index (Phi) is 3.71. The topological polar surface area (TPSA) is 71.2 Å². The first-order valence-electron chi connectivity index (χ1n) is 11.5. The number of Topliss-reactive ketones (excluding diaryl/α,β-unsaturated/α-hetero) is 2. The van der Waals surface area contributed by atoms with Gasteiger partial charge < -0.3 is 0 Å². The lowest BCUT2D eigenvalue weighted by Gasteiger charge is -2.43. The van der Waals surface area contributed by atoms with Crippen LogP contribution in [0.25, 0.3) is 0 Å². The maximum absolute atomic E-state index is 13.9. The Balaban J connectivity index is 1.83. The number of dihydropyridines is 1. The van der Waals surface area contributed by atoms with Gasteiger partial charge in [0.05, 0.1) is 16.7 Å². The van der Waals surface area contributed by atoms with Crippen LogP contribution in [-0.4, -0.2) is 45.3 Å². The van der Waals surface area contributed by atoms with E-state index in [9.17, 15) is 9.59 Å². The second kappa shape index (κ2) is 5.55. The van der Waals surface area contributed by atoms with Gasteiger partial charge in [0, 0.05) is 23.4 Å². The Hall–Kier alpha value is -2.43. The fraction of sp³-hybridized carbons (Fsp3) is 0.593. The highest BCUT2D eigenvalue weighted by atomic mass is 16.1. The quantitative estimate of drug-likeness (QED) is 0.552. The van der Waals surface area contributed by atoms with Gasteiger partial charge in [-0.15, -0.1) is 0 Å². The van der Waals surface area contributed by atoms with Gasteiger partial charge in [0.1, 0.15) is 16.5 Å². The Labute approximate surface area is 190 Å². The lowest BCUT2D eigenvalue weighted by Crippen LogP contribution is -2.49. The van der Waals surface area contributed by atoms with Crippen molar-refractivity contribution in [3.05, 3.63) is 33.9 Å². The molecule has 1 spiro atoms. The van der Waals surface area contributed by atoms with Crippen molar-refractivity contribution < 1.29 is 9.59 Å². The molecule has 0 radical (unpaired) electrons. The van der Waals surface area contributed by atoms with E-state index in [2.05, 4.69) is 33.8 Å². The van der Waals surface area contributed by atoms with Gasteiger partial charge >= 0.3 is 0 Å². The molecule has 5 aliphatic rings. The van der Waals surface area contributed by atoms with Gasteiger partial charge in [0.2, 0.25) is 0 Å². The first kappa shape index (κ1) is 21.4. The number of hydrogen-bond donors (Lipinski definition) is 0. The summed E-state index contributed by atoms with van der Waals surface area (Å²) >= 11 is 0. The third-order valence-corrected chi connectivity index (χ3v) is 8.29. The van der Waals surface area contributed by atoms with Crippen molar-refractivity contribution in [2.75, 3.05) is 0 Å². The number of allylic oxidation sites excluding steroid dienone is 5. The van der Waals surface area contributed by atoms with E-state index in [4.69, 9.17) is 15.0 Å². The van der Waals surface area contributed by atoms with Gasteiger partial charge in [-0.25, -0.2) is 0 Å². The third kappa shape index (κ3) is 2.13. The number of carbonyl (C=O) groups excluding carboxylic acids is 2. The monoisotopic (exact) mass is 431 g/mol. The van der Waals surface area contributed by atoms with Crippen molar-refractivity contribution in [3.63, 3.8) is 0 Å². The second-order valence-corrected chi connectivity index (χ2v) is 11.9. The normalized spacial score (nSPS) is 36.1. The van der Waals surface area contributed by atoms with E-state index in [1.165, 1.54) is 0 Å². The van der Waals surface area contributed by atoms with Crippen LogP contribution in [0, 0.1) is 10.8 Å². The van der Waals surface area contributed by atoms with Crippen molar-refractivity contribution >= 4 is 28.7 Å². The molecule has 0 aromatic heterocycles. The Morgan fingerprint density at radius 2 is 1.38 bits per heavy atom. The summed E-state index contributed by atoms with van der Waals surface area (Å²) in [6.07, 6.45) is 2.72. The molecule has 5 rings (SSSR count). The van der Waals surface area contributed by atoms with E-state index in [0.717, 1.165) is 45.0 Å². The average molecular weight is 432 g/mol. The van der Waals surface area contributed by atoms with Gasteiger partial charge in [-0.1, -0.05) is 6.08 Å². The highest BCUT2D eigenvalue weighted by Crippen LogP contribution is 2.60. The SMILES string of the molecule is CC1=CC2=C(C(C)(C)N=C3C[C@@]4(C)C(=O)C(C)(C)N=C4C(C)=C32)[C@@]12C(=O)C(C)(C)N=C2C. The minimum atomic E-state index is -0.835. The maximum atomic E-state index is 13.9. The summed E-state index contributed by atoms with van der Waals surface area (Å²) in [6.45, 7) is 19.9. The van der Waals surface area contributed by atoms with E-state index in [1.54, 1.807) is 0 Å². The number of nitrogens with zero attached hydrogens (tertiary/aromatic N) is 3. The molecule has 0 aromatic rings. The molecule has 0 fully saturated rings. The molecule has 0 N–H and O–H groups in total. The number of carbonyl (C=O) groups is 2. The number of fused-ring (bicyclic) bond motifs is 4. The number of rotatable bonds is 0. The molecule has 0 amide bonds. The molecule has 0 saturated heterocycles. The summed E-state index contributed by atoms with van der Waals surface area (Å²) in [5, 5.41) is 0. The third-order valence-electron chi connectivity index (χ3n) is 8.29. The molecular formula is C27H33N3O2. The number of aliphatic imine (C=N–C) groups is 3. The largest absolute Gasteiger partial charge is 0.296 e. The average Bonchev–Trinajstić information content (AvgIpc) is 3.12. The summed E-state index contributed by atoms with van der Waals surface area (Å²) in [7, 11) is 0. The van der Waals surface area contributed by atoms with Gasteiger partial charge in [-0.05, 0) is 91.5 Å². The summed E-state index contributed by atoms with van der Waals surface area (Å²) in [5.74, 6) is 0.283. The lowest BCUT2D eigenvalue weighted by molar-refractivity contribution is -0.127. The molecule has 0 saturated carbocycles. The van der Waals surface area contributed by atoms with E-state index in [-0.39, 0.29) is 11.6 Å². The Bertz CT molecular complexity index is 1250. The zero-order valence-electron chi connectivity index (χ0n) is 20.9. The van der Waals surface area contributed by atoms with E-state index in [1.807, 2.05) is 41.5 Å². The molecule has 0 unspecified atom stereocenters. The molecule has 2 atom stereocenters. The van der Waals surface area contributed by atoms with Crippen molar-refractivity contribution in [1.29, 1.82) is 0 Å². The van der Waals surface area contributed by atoms with Crippen molar-refractivity contribution in [2.24, 2.45) is 25.8 Å². The van der Waals surface area contributed by atoms with E-state index < -0.39 is 27.4 Å². The second-order valence-electron chi connectivity index (χ2n) is 11.9. The minimum Gasteiger partial charge on any atom is -0.296 e. The van der Waals surface area contributed by atoms with Crippen molar-refractivity contribution in [2.45, 2.75) is 92.3 Å². The zero-order chi connectivity index (χ0) is 23.8. The van der Waals surface area contributed by atoms with Crippen LogP contribution in [0.1, 0.15) is 75.7 Å². The van der Waals surface area contributed by atoms with Crippen LogP contribution in [-0.2, 0) is 9.59 Å². The summed E-state index contributed by atoms with van der Waals surface area (Å²) < 4.78 is 0. The Morgan fingerprint density at radius 1 is 0.781 bits per heavy atom. The zero-order valence-corrected chi connectivity index (χ0v) is 20.9. The summed E-state index contributed by atoms with van der Waals surface area (Å²) in [6, 6.07) is 0. The van der Waals surface area contributed by atoms with Crippen LogP contribution < -0.4 is 0 Å². The number of hydrogen-bond acceptors (Lipinski definition) is 5. The predicted molar refractivity (Wildman–Crippen MR) is 129 cm³/mol.